The number of ether oxygens (including phenoxy) is 3. The van der Waals surface area contributed by atoms with Gasteiger partial charge < -0.3 is 14.2 Å². The molecule has 2 aliphatic rings. The van der Waals surface area contributed by atoms with E-state index in [-0.39, 0.29) is 11.6 Å². The van der Waals surface area contributed by atoms with Crippen LogP contribution in [0.2, 0.25) is 0 Å². The number of nitrogens with zero attached hydrogens (tertiary/aromatic N) is 1. The summed E-state index contributed by atoms with van der Waals surface area (Å²) in [6.07, 6.45) is 3.52. The molecule has 0 aliphatic carbocycles. The third-order valence-electron chi connectivity index (χ3n) is 3.97. The summed E-state index contributed by atoms with van der Waals surface area (Å²) in [5.41, 5.74) is 2.22. The van der Waals surface area contributed by atoms with Crippen molar-refractivity contribution in [1.82, 2.24) is 0 Å². The van der Waals surface area contributed by atoms with E-state index in [0.717, 1.165) is 11.1 Å². The number of rotatable bonds is 3. The zero-order valence-corrected chi connectivity index (χ0v) is 13.9. The van der Waals surface area contributed by atoms with Gasteiger partial charge in [0.2, 0.25) is 5.90 Å². The standard InChI is InChI=1S/C20H14FNO4/c1-24-16-6-5-13-7-12(11-25-18(13)10-16)8-17-20(23)26-19(22-17)14-3-2-4-15(21)9-14/h2-10H,11H2,1H3/b17-8-. The lowest BCUT2D eigenvalue weighted by molar-refractivity contribution is -0.130. The molecule has 5 nitrogen and oxygen atoms in total. The Morgan fingerprint density at radius 2 is 2.12 bits per heavy atom. The van der Waals surface area contributed by atoms with Crippen LogP contribution in [0.1, 0.15) is 11.1 Å². The second-order valence-electron chi connectivity index (χ2n) is 5.76. The fraction of sp³-hybridized carbons (Fsp3) is 0.100. The van der Waals surface area contributed by atoms with Gasteiger partial charge in [-0.1, -0.05) is 6.07 Å². The lowest BCUT2D eigenvalue weighted by Gasteiger charge is -2.16. The number of cyclic esters (lactones) is 1. The molecule has 0 atom stereocenters. The van der Waals surface area contributed by atoms with E-state index in [1.54, 1.807) is 25.3 Å². The molecule has 2 aromatic rings. The second-order valence-corrected chi connectivity index (χ2v) is 5.76. The van der Waals surface area contributed by atoms with Crippen LogP contribution in [0.3, 0.4) is 0 Å². The van der Waals surface area contributed by atoms with Crippen LogP contribution in [0.25, 0.3) is 6.08 Å². The summed E-state index contributed by atoms with van der Waals surface area (Å²) >= 11 is 0. The maximum atomic E-state index is 13.3. The third kappa shape index (κ3) is 3.09. The molecule has 2 aliphatic heterocycles. The highest BCUT2D eigenvalue weighted by Crippen LogP contribution is 2.31. The first-order valence-corrected chi connectivity index (χ1v) is 7.92. The smallest absolute Gasteiger partial charge is 0.363 e. The van der Waals surface area contributed by atoms with Crippen LogP contribution in [0.4, 0.5) is 4.39 Å². The molecule has 2 heterocycles. The average Bonchev–Trinajstić information content (AvgIpc) is 3.02. The first kappa shape index (κ1) is 16.1. The molecule has 0 saturated heterocycles. The monoisotopic (exact) mass is 351 g/mol. The molecule has 130 valence electrons. The zero-order valence-electron chi connectivity index (χ0n) is 13.9. The van der Waals surface area contributed by atoms with Crippen LogP contribution < -0.4 is 9.47 Å². The van der Waals surface area contributed by atoms with E-state index in [1.807, 2.05) is 18.2 Å². The van der Waals surface area contributed by atoms with Crippen molar-refractivity contribution in [3.63, 3.8) is 0 Å². The predicted octanol–water partition coefficient (Wildman–Crippen LogP) is 3.50. The summed E-state index contributed by atoms with van der Waals surface area (Å²) < 4.78 is 29.4. The molecule has 0 N–H and O–H groups in total. The van der Waals surface area contributed by atoms with Gasteiger partial charge in [-0.3, -0.25) is 0 Å². The van der Waals surface area contributed by atoms with Gasteiger partial charge >= 0.3 is 5.97 Å². The maximum absolute atomic E-state index is 13.3. The Bertz CT molecular complexity index is 991. The molecule has 4 rings (SSSR count). The van der Waals surface area contributed by atoms with Gasteiger partial charge in [0, 0.05) is 17.2 Å². The van der Waals surface area contributed by atoms with Crippen LogP contribution in [0.15, 0.2) is 64.8 Å². The summed E-state index contributed by atoms with van der Waals surface area (Å²) in [6, 6.07) is 11.3. The average molecular weight is 351 g/mol. The molecule has 0 unspecified atom stereocenters. The van der Waals surface area contributed by atoms with Crippen LogP contribution in [-0.2, 0) is 9.53 Å². The van der Waals surface area contributed by atoms with Crippen molar-refractivity contribution in [1.29, 1.82) is 0 Å². The van der Waals surface area contributed by atoms with Crippen molar-refractivity contribution in [2.75, 3.05) is 13.7 Å². The van der Waals surface area contributed by atoms with Crippen LogP contribution in [-0.4, -0.2) is 25.6 Å². The number of hydrogen-bond donors (Lipinski definition) is 0. The summed E-state index contributed by atoms with van der Waals surface area (Å²) in [7, 11) is 1.59. The highest BCUT2D eigenvalue weighted by molar-refractivity contribution is 6.11. The molecule has 0 aromatic heterocycles. The van der Waals surface area contributed by atoms with E-state index in [1.165, 1.54) is 18.2 Å². The van der Waals surface area contributed by atoms with Crippen LogP contribution in [0.5, 0.6) is 11.5 Å². The van der Waals surface area contributed by atoms with E-state index in [0.29, 0.717) is 23.7 Å². The molecule has 0 spiro atoms. The molecule has 0 fully saturated rings. The van der Waals surface area contributed by atoms with E-state index in [4.69, 9.17) is 14.2 Å². The van der Waals surface area contributed by atoms with Gasteiger partial charge in [0.15, 0.2) is 5.70 Å². The number of carbonyl (C=O) groups is 1. The van der Waals surface area contributed by atoms with Gasteiger partial charge in [-0.05, 0) is 48.1 Å². The number of carbonyl (C=O) groups excluding carboxylic acids is 1. The Balaban J connectivity index is 1.63. The first-order valence-electron chi connectivity index (χ1n) is 7.92. The van der Waals surface area contributed by atoms with Crippen molar-refractivity contribution in [3.8, 4) is 11.5 Å². The van der Waals surface area contributed by atoms with Crippen molar-refractivity contribution in [3.05, 3.63) is 76.8 Å². The van der Waals surface area contributed by atoms with Crippen LogP contribution >= 0.6 is 0 Å². The molecule has 0 amide bonds. The molecular weight excluding hydrogens is 337 g/mol. The Morgan fingerprint density at radius 3 is 2.92 bits per heavy atom. The Morgan fingerprint density at radius 1 is 1.23 bits per heavy atom. The van der Waals surface area contributed by atoms with Gasteiger partial charge in [-0.25, -0.2) is 14.2 Å². The minimum atomic E-state index is -0.578. The van der Waals surface area contributed by atoms with Crippen molar-refractivity contribution >= 4 is 17.9 Å². The van der Waals surface area contributed by atoms with E-state index in [9.17, 15) is 9.18 Å². The molecule has 0 bridgehead atoms. The fourth-order valence-corrected chi connectivity index (χ4v) is 2.70. The van der Waals surface area contributed by atoms with Crippen molar-refractivity contribution < 1.29 is 23.4 Å². The summed E-state index contributed by atoms with van der Waals surface area (Å²) in [5.74, 6) is 0.509. The minimum Gasteiger partial charge on any atom is -0.497 e. The minimum absolute atomic E-state index is 0.0863. The summed E-state index contributed by atoms with van der Waals surface area (Å²) in [4.78, 5) is 16.2. The topological polar surface area (TPSA) is 57.1 Å². The van der Waals surface area contributed by atoms with Gasteiger partial charge in [-0.2, -0.15) is 0 Å². The summed E-state index contributed by atoms with van der Waals surface area (Å²) in [6.45, 7) is 0.293. The summed E-state index contributed by atoms with van der Waals surface area (Å²) in [5, 5.41) is 0. The zero-order chi connectivity index (χ0) is 18.1. The SMILES string of the molecule is COc1ccc2c(c1)OCC(/C=C1\N=C(c3cccc(F)c3)OC1=O)=C2. The highest BCUT2D eigenvalue weighted by Gasteiger charge is 2.25. The number of halogens is 1. The Labute approximate surface area is 149 Å². The maximum Gasteiger partial charge on any atom is 0.363 e. The Kier molecular flexibility index (Phi) is 4.01. The van der Waals surface area contributed by atoms with Gasteiger partial charge in [0.1, 0.15) is 23.9 Å². The lowest BCUT2D eigenvalue weighted by atomic mass is 10.1. The van der Waals surface area contributed by atoms with Crippen molar-refractivity contribution in [2.45, 2.75) is 0 Å². The number of esters is 1. The molecule has 0 saturated carbocycles. The highest BCUT2D eigenvalue weighted by atomic mass is 19.1. The van der Waals surface area contributed by atoms with E-state index in [2.05, 4.69) is 4.99 Å². The fourth-order valence-electron chi connectivity index (χ4n) is 2.70. The molecule has 2 aromatic carbocycles. The van der Waals surface area contributed by atoms with E-state index < -0.39 is 11.8 Å². The predicted molar refractivity (Wildman–Crippen MR) is 93.6 cm³/mol. The molecule has 6 heteroatoms. The van der Waals surface area contributed by atoms with Gasteiger partial charge in [0.25, 0.3) is 0 Å². The quantitative estimate of drug-likeness (QED) is 0.627. The van der Waals surface area contributed by atoms with Crippen molar-refractivity contribution in [2.24, 2.45) is 4.99 Å². The van der Waals surface area contributed by atoms with E-state index >= 15 is 0 Å². The first-order chi connectivity index (χ1) is 12.6. The molecular formula is C20H14FNO4. The van der Waals surface area contributed by atoms with Gasteiger partial charge in [-0.15, -0.1) is 0 Å². The lowest BCUT2D eigenvalue weighted by Crippen LogP contribution is -2.08. The number of fused-ring (bicyclic) bond motifs is 1. The normalized spacial score (nSPS) is 17.2. The Hall–Kier alpha value is -3.41. The molecule has 0 radical (unpaired) electrons. The van der Waals surface area contributed by atoms with Crippen LogP contribution in [0, 0.1) is 5.82 Å². The second kappa shape index (κ2) is 6.48. The third-order valence-corrected chi connectivity index (χ3v) is 3.97. The number of aliphatic imine (C=N–C) groups is 1. The number of hydrogen-bond acceptors (Lipinski definition) is 5. The number of benzene rings is 2. The molecule has 26 heavy (non-hydrogen) atoms. The number of methoxy groups -OCH3 is 1. The largest absolute Gasteiger partial charge is 0.497 e. The van der Waals surface area contributed by atoms with Gasteiger partial charge in [0.05, 0.1) is 7.11 Å².